The molecule has 0 radical (unpaired) electrons. The van der Waals surface area contributed by atoms with Crippen LogP contribution >= 0.6 is 0 Å². The van der Waals surface area contributed by atoms with Crippen molar-refractivity contribution in [2.45, 2.75) is 43.4 Å². The van der Waals surface area contributed by atoms with Crippen molar-refractivity contribution >= 4 is 9.84 Å². The van der Waals surface area contributed by atoms with E-state index in [1.807, 2.05) is 13.8 Å². The first-order valence-electron chi connectivity index (χ1n) is 6.23. The zero-order chi connectivity index (χ0) is 14.5. The molecule has 0 bridgehead atoms. The number of hydrogen-bond donors (Lipinski definition) is 1. The average molecular weight is 291 g/mol. The van der Waals surface area contributed by atoms with E-state index in [-0.39, 0.29) is 10.9 Å². The van der Waals surface area contributed by atoms with E-state index < -0.39 is 15.6 Å². The summed E-state index contributed by atoms with van der Waals surface area (Å²) >= 11 is 0. The molecule has 0 aliphatic heterocycles. The van der Waals surface area contributed by atoms with Crippen LogP contribution in [0.15, 0.2) is 29.2 Å². The molecule has 1 aromatic carbocycles. The lowest BCUT2D eigenvalue weighted by Gasteiger charge is -2.16. The Labute approximate surface area is 112 Å². The SMILES string of the molecule is CCCNC(C)Cc1ccccc1S(=O)(=O)C(F)F. The van der Waals surface area contributed by atoms with Crippen molar-refractivity contribution < 1.29 is 17.2 Å². The fourth-order valence-electron chi connectivity index (χ4n) is 1.84. The highest BCUT2D eigenvalue weighted by Crippen LogP contribution is 2.23. The number of benzene rings is 1. The van der Waals surface area contributed by atoms with Crippen LogP contribution in [0.3, 0.4) is 0 Å². The molecule has 108 valence electrons. The molecule has 1 unspecified atom stereocenters. The third kappa shape index (κ3) is 4.24. The van der Waals surface area contributed by atoms with Crippen molar-refractivity contribution in [2.75, 3.05) is 6.54 Å². The van der Waals surface area contributed by atoms with Gasteiger partial charge in [-0.25, -0.2) is 8.42 Å². The summed E-state index contributed by atoms with van der Waals surface area (Å²) < 4.78 is 48.4. The van der Waals surface area contributed by atoms with Crippen LogP contribution in [0, 0.1) is 0 Å². The third-order valence-corrected chi connectivity index (χ3v) is 4.26. The summed E-state index contributed by atoms with van der Waals surface area (Å²) in [4.78, 5) is -0.268. The van der Waals surface area contributed by atoms with E-state index in [2.05, 4.69) is 5.32 Å². The van der Waals surface area contributed by atoms with Crippen molar-refractivity contribution in [1.29, 1.82) is 0 Å². The maximum Gasteiger partial charge on any atom is 0.341 e. The van der Waals surface area contributed by atoms with Gasteiger partial charge < -0.3 is 5.32 Å². The smallest absolute Gasteiger partial charge is 0.314 e. The molecule has 0 saturated heterocycles. The van der Waals surface area contributed by atoms with Gasteiger partial charge in [0.25, 0.3) is 0 Å². The van der Waals surface area contributed by atoms with E-state index >= 15 is 0 Å². The molecule has 0 amide bonds. The van der Waals surface area contributed by atoms with Crippen molar-refractivity contribution in [1.82, 2.24) is 5.32 Å². The summed E-state index contributed by atoms with van der Waals surface area (Å²) in [7, 11) is -4.53. The molecule has 3 nitrogen and oxygen atoms in total. The minimum absolute atomic E-state index is 0.0361. The second kappa shape index (κ2) is 6.96. The lowest BCUT2D eigenvalue weighted by atomic mass is 10.1. The predicted molar refractivity (Wildman–Crippen MR) is 71.1 cm³/mol. The van der Waals surface area contributed by atoms with Crippen LogP contribution in [-0.4, -0.2) is 26.8 Å². The average Bonchev–Trinajstić information content (AvgIpc) is 2.36. The molecule has 1 N–H and O–H groups in total. The summed E-state index contributed by atoms with van der Waals surface area (Å²) in [5.74, 6) is -3.38. The highest BCUT2D eigenvalue weighted by molar-refractivity contribution is 7.91. The van der Waals surface area contributed by atoms with Gasteiger partial charge in [0.2, 0.25) is 9.84 Å². The van der Waals surface area contributed by atoms with E-state index in [9.17, 15) is 17.2 Å². The Balaban J connectivity index is 2.97. The van der Waals surface area contributed by atoms with E-state index in [0.717, 1.165) is 13.0 Å². The monoisotopic (exact) mass is 291 g/mol. The van der Waals surface area contributed by atoms with Gasteiger partial charge in [0.1, 0.15) is 0 Å². The van der Waals surface area contributed by atoms with Crippen LogP contribution in [0.4, 0.5) is 8.78 Å². The molecule has 0 heterocycles. The largest absolute Gasteiger partial charge is 0.341 e. The first-order valence-corrected chi connectivity index (χ1v) is 7.77. The normalized spacial score (nSPS) is 13.7. The summed E-state index contributed by atoms with van der Waals surface area (Å²) in [6.45, 7) is 4.74. The van der Waals surface area contributed by atoms with Gasteiger partial charge in [0, 0.05) is 6.04 Å². The molecule has 19 heavy (non-hydrogen) atoms. The maximum atomic E-state index is 12.6. The Morgan fingerprint density at radius 2 is 1.89 bits per heavy atom. The maximum absolute atomic E-state index is 12.6. The second-order valence-electron chi connectivity index (χ2n) is 4.47. The highest BCUT2D eigenvalue weighted by Gasteiger charge is 2.28. The number of halogens is 2. The second-order valence-corrected chi connectivity index (χ2v) is 6.36. The van der Waals surface area contributed by atoms with Crippen molar-refractivity contribution in [2.24, 2.45) is 0 Å². The summed E-state index contributed by atoms with van der Waals surface area (Å²) in [6, 6.07) is 5.98. The van der Waals surface area contributed by atoms with Gasteiger partial charge in [-0.3, -0.25) is 0 Å². The highest BCUT2D eigenvalue weighted by atomic mass is 32.2. The molecule has 0 fully saturated rings. The molecule has 0 aromatic heterocycles. The number of nitrogens with one attached hydrogen (secondary N) is 1. The Kier molecular flexibility index (Phi) is 5.87. The lowest BCUT2D eigenvalue weighted by Crippen LogP contribution is -2.29. The molecule has 1 atom stereocenters. The third-order valence-electron chi connectivity index (χ3n) is 2.78. The lowest BCUT2D eigenvalue weighted by molar-refractivity contribution is 0.234. The summed E-state index contributed by atoms with van der Waals surface area (Å²) in [6.07, 6.45) is 1.36. The minimum Gasteiger partial charge on any atom is -0.314 e. The van der Waals surface area contributed by atoms with Crippen LogP contribution in [0.5, 0.6) is 0 Å². The molecule has 1 rings (SSSR count). The Morgan fingerprint density at radius 1 is 1.26 bits per heavy atom. The molecule has 6 heteroatoms. The van der Waals surface area contributed by atoms with Crippen LogP contribution in [0.25, 0.3) is 0 Å². The van der Waals surface area contributed by atoms with Crippen LogP contribution in [-0.2, 0) is 16.3 Å². The van der Waals surface area contributed by atoms with Crippen molar-refractivity contribution in [3.8, 4) is 0 Å². The topological polar surface area (TPSA) is 46.2 Å². The first-order chi connectivity index (χ1) is 8.89. The van der Waals surface area contributed by atoms with Crippen LogP contribution < -0.4 is 5.32 Å². The zero-order valence-electron chi connectivity index (χ0n) is 11.1. The Morgan fingerprint density at radius 3 is 2.47 bits per heavy atom. The van der Waals surface area contributed by atoms with Crippen LogP contribution in [0.2, 0.25) is 0 Å². The van der Waals surface area contributed by atoms with Crippen molar-refractivity contribution in [3.05, 3.63) is 29.8 Å². The zero-order valence-corrected chi connectivity index (χ0v) is 11.9. The number of alkyl halides is 2. The van der Waals surface area contributed by atoms with Gasteiger partial charge in [-0.15, -0.1) is 0 Å². The fourth-order valence-corrected chi connectivity index (χ4v) is 2.82. The van der Waals surface area contributed by atoms with E-state index in [0.29, 0.717) is 12.0 Å². The predicted octanol–water partition coefficient (Wildman–Crippen LogP) is 2.61. The molecule has 1 aromatic rings. The van der Waals surface area contributed by atoms with Gasteiger partial charge >= 0.3 is 5.76 Å². The Hall–Kier alpha value is -1.01. The first kappa shape index (κ1) is 16.0. The van der Waals surface area contributed by atoms with Crippen LogP contribution in [0.1, 0.15) is 25.8 Å². The molecule has 0 spiro atoms. The quantitative estimate of drug-likeness (QED) is 0.840. The summed E-state index contributed by atoms with van der Waals surface area (Å²) in [5.41, 5.74) is 0.430. The fraction of sp³-hybridized carbons (Fsp3) is 0.538. The van der Waals surface area contributed by atoms with Gasteiger partial charge in [-0.1, -0.05) is 25.1 Å². The molecule has 0 saturated carbocycles. The van der Waals surface area contributed by atoms with Gasteiger partial charge in [-0.2, -0.15) is 8.78 Å². The van der Waals surface area contributed by atoms with E-state index in [1.54, 1.807) is 12.1 Å². The van der Waals surface area contributed by atoms with Gasteiger partial charge in [0.15, 0.2) is 0 Å². The number of hydrogen-bond acceptors (Lipinski definition) is 3. The minimum atomic E-state index is -4.53. The standard InChI is InChI=1S/C13H19F2NO2S/c1-3-8-16-10(2)9-11-6-4-5-7-12(11)19(17,18)13(14)15/h4-7,10,13,16H,3,8-9H2,1-2H3. The van der Waals surface area contributed by atoms with Gasteiger partial charge in [-0.05, 0) is 37.9 Å². The number of sulfone groups is 1. The van der Waals surface area contributed by atoms with E-state index in [1.165, 1.54) is 12.1 Å². The molecule has 0 aliphatic rings. The Bertz CT molecular complexity index is 503. The molecule has 0 aliphatic carbocycles. The number of rotatable bonds is 7. The summed E-state index contributed by atoms with van der Waals surface area (Å²) in [5, 5.41) is 3.21. The van der Waals surface area contributed by atoms with Gasteiger partial charge in [0.05, 0.1) is 4.90 Å². The van der Waals surface area contributed by atoms with Crippen molar-refractivity contribution in [3.63, 3.8) is 0 Å². The molecular formula is C13H19F2NO2S. The molecular weight excluding hydrogens is 272 g/mol. The van der Waals surface area contributed by atoms with E-state index in [4.69, 9.17) is 0 Å².